The Balaban J connectivity index is 2.16. The second-order valence-corrected chi connectivity index (χ2v) is 4.34. The highest BCUT2D eigenvalue weighted by molar-refractivity contribution is 6.03. The molecule has 0 bridgehead atoms. The molecule has 0 saturated carbocycles. The summed E-state index contributed by atoms with van der Waals surface area (Å²) in [6.45, 7) is 2.11. The van der Waals surface area contributed by atoms with E-state index in [4.69, 9.17) is 5.73 Å². The predicted molar refractivity (Wildman–Crippen MR) is 77.0 cm³/mol. The summed E-state index contributed by atoms with van der Waals surface area (Å²) in [5.41, 5.74) is 8.43. The molecule has 0 aliphatic rings. The number of rotatable bonds is 4. The first-order chi connectivity index (χ1) is 9.20. The molecule has 0 saturated heterocycles. The van der Waals surface area contributed by atoms with Gasteiger partial charge in [-0.25, -0.2) is 4.98 Å². The zero-order chi connectivity index (χ0) is 13.7. The predicted octanol–water partition coefficient (Wildman–Crippen LogP) is 2.87. The van der Waals surface area contributed by atoms with E-state index in [2.05, 4.69) is 17.2 Å². The van der Waals surface area contributed by atoms with Crippen LogP contribution in [-0.2, 0) is 6.42 Å². The number of pyridine rings is 1. The number of hydrogen-bond donors (Lipinski definition) is 2. The number of nitrogen functional groups attached to an aromatic ring is 1. The highest BCUT2D eigenvalue weighted by atomic mass is 16.1. The highest BCUT2D eigenvalue weighted by Gasteiger charge is 2.09. The second-order valence-electron chi connectivity index (χ2n) is 4.34. The molecule has 98 valence electrons. The minimum absolute atomic E-state index is 0.219. The van der Waals surface area contributed by atoms with Gasteiger partial charge in [-0.05, 0) is 30.2 Å². The SMILES string of the molecule is CCCc1ccccc1NC(=O)c1ccc(N)cn1. The number of nitrogens with two attached hydrogens (primary N) is 1. The fourth-order valence-electron chi connectivity index (χ4n) is 1.86. The lowest BCUT2D eigenvalue weighted by Crippen LogP contribution is -2.14. The third kappa shape index (κ3) is 3.31. The molecule has 0 aliphatic carbocycles. The normalized spacial score (nSPS) is 10.2. The Hall–Kier alpha value is -2.36. The molecule has 0 fully saturated rings. The summed E-state index contributed by atoms with van der Waals surface area (Å²) in [6.07, 6.45) is 3.45. The van der Waals surface area contributed by atoms with Crippen molar-refractivity contribution in [2.45, 2.75) is 19.8 Å². The summed E-state index contributed by atoms with van der Waals surface area (Å²) in [5, 5.41) is 2.89. The average molecular weight is 255 g/mol. The lowest BCUT2D eigenvalue weighted by molar-refractivity contribution is 0.102. The van der Waals surface area contributed by atoms with E-state index in [1.54, 1.807) is 12.1 Å². The van der Waals surface area contributed by atoms with Gasteiger partial charge in [0.15, 0.2) is 0 Å². The number of nitrogens with one attached hydrogen (secondary N) is 1. The minimum atomic E-state index is -0.219. The molecule has 0 unspecified atom stereocenters. The van der Waals surface area contributed by atoms with Crippen molar-refractivity contribution in [3.05, 3.63) is 53.9 Å². The largest absolute Gasteiger partial charge is 0.397 e. The fourth-order valence-corrected chi connectivity index (χ4v) is 1.86. The van der Waals surface area contributed by atoms with E-state index >= 15 is 0 Å². The van der Waals surface area contributed by atoms with Crippen molar-refractivity contribution in [2.24, 2.45) is 0 Å². The Labute approximate surface area is 112 Å². The highest BCUT2D eigenvalue weighted by Crippen LogP contribution is 2.17. The summed E-state index contributed by atoms with van der Waals surface area (Å²) < 4.78 is 0. The van der Waals surface area contributed by atoms with Gasteiger partial charge in [0, 0.05) is 5.69 Å². The number of carbonyl (C=O) groups is 1. The molecular weight excluding hydrogens is 238 g/mol. The topological polar surface area (TPSA) is 68.0 Å². The van der Waals surface area contributed by atoms with Crippen molar-refractivity contribution in [3.8, 4) is 0 Å². The van der Waals surface area contributed by atoms with Gasteiger partial charge in [0.25, 0.3) is 5.91 Å². The number of aromatic nitrogens is 1. The number of hydrogen-bond acceptors (Lipinski definition) is 3. The molecule has 0 atom stereocenters. The molecule has 4 heteroatoms. The van der Waals surface area contributed by atoms with Crippen LogP contribution in [0.3, 0.4) is 0 Å². The smallest absolute Gasteiger partial charge is 0.274 e. The maximum absolute atomic E-state index is 12.1. The molecule has 1 amide bonds. The number of carbonyl (C=O) groups excluding carboxylic acids is 1. The molecule has 0 aliphatic heterocycles. The molecule has 19 heavy (non-hydrogen) atoms. The number of nitrogens with zero attached hydrogens (tertiary/aromatic N) is 1. The Morgan fingerprint density at radius 1 is 1.26 bits per heavy atom. The van der Waals surface area contributed by atoms with Crippen LogP contribution in [0.1, 0.15) is 29.4 Å². The van der Waals surface area contributed by atoms with Crippen LogP contribution < -0.4 is 11.1 Å². The number of benzene rings is 1. The van der Waals surface area contributed by atoms with E-state index in [9.17, 15) is 4.79 Å². The molecule has 1 heterocycles. The Kier molecular flexibility index (Phi) is 4.13. The summed E-state index contributed by atoms with van der Waals surface area (Å²) in [5.74, 6) is -0.219. The van der Waals surface area contributed by atoms with Gasteiger partial charge in [0.2, 0.25) is 0 Å². The molecule has 2 rings (SSSR count). The van der Waals surface area contributed by atoms with Crippen LogP contribution in [0.2, 0.25) is 0 Å². The monoisotopic (exact) mass is 255 g/mol. The average Bonchev–Trinajstić information content (AvgIpc) is 2.42. The third-order valence-corrected chi connectivity index (χ3v) is 2.80. The van der Waals surface area contributed by atoms with Gasteiger partial charge in [0.05, 0.1) is 11.9 Å². The van der Waals surface area contributed by atoms with E-state index in [0.29, 0.717) is 11.4 Å². The number of amides is 1. The van der Waals surface area contributed by atoms with Gasteiger partial charge in [-0.3, -0.25) is 4.79 Å². The van der Waals surface area contributed by atoms with E-state index in [-0.39, 0.29) is 5.91 Å². The summed E-state index contributed by atoms with van der Waals surface area (Å²) in [6, 6.07) is 11.1. The number of para-hydroxylation sites is 1. The van der Waals surface area contributed by atoms with Crippen LogP contribution in [-0.4, -0.2) is 10.9 Å². The van der Waals surface area contributed by atoms with Crippen LogP contribution in [0.5, 0.6) is 0 Å². The Bertz CT molecular complexity index is 564. The Morgan fingerprint density at radius 3 is 2.74 bits per heavy atom. The van der Waals surface area contributed by atoms with Gasteiger partial charge in [-0.15, -0.1) is 0 Å². The van der Waals surface area contributed by atoms with Crippen molar-refractivity contribution in [3.63, 3.8) is 0 Å². The van der Waals surface area contributed by atoms with E-state index < -0.39 is 0 Å². The van der Waals surface area contributed by atoms with Gasteiger partial charge >= 0.3 is 0 Å². The maximum atomic E-state index is 12.1. The van der Waals surface area contributed by atoms with Crippen molar-refractivity contribution >= 4 is 17.3 Å². The van der Waals surface area contributed by atoms with Gasteiger partial charge in [-0.2, -0.15) is 0 Å². The van der Waals surface area contributed by atoms with Crippen molar-refractivity contribution in [1.82, 2.24) is 4.98 Å². The molecular formula is C15H17N3O. The molecule has 0 spiro atoms. The van der Waals surface area contributed by atoms with E-state index in [1.807, 2.05) is 24.3 Å². The minimum Gasteiger partial charge on any atom is -0.397 e. The van der Waals surface area contributed by atoms with Crippen LogP contribution in [0, 0.1) is 0 Å². The third-order valence-electron chi connectivity index (χ3n) is 2.80. The molecule has 1 aromatic carbocycles. The van der Waals surface area contributed by atoms with Gasteiger partial charge in [0.1, 0.15) is 5.69 Å². The zero-order valence-corrected chi connectivity index (χ0v) is 10.9. The molecule has 2 aromatic rings. The molecule has 0 radical (unpaired) electrons. The number of aryl methyl sites for hydroxylation is 1. The number of anilines is 2. The van der Waals surface area contributed by atoms with Gasteiger partial charge < -0.3 is 11.1 Å². The van der Waals surface area contributed by atoms with Crippen LogP contribution in [0.4, 0.5) is 11.4 Å². The van der Waals surface area contributed by atoms with Gasteiger partial charge in [-0.1, -0.05) is 31.5 Å². The fraction of sp³-hybridized carbons (Fsp3) is 0.200. The van der Waals surface area contributed by atoms with Crippen molar-refractivity contribution in [1.29, 1.82) is 0 Å². The van der Waals surface area contributed by atoms with E-state index in [1.165, 1.54) is 6.20 Å². The lowest BCUT2D eigenvalue weighted by atomic mass is 10.1. The maximum Gasteiger partial charge on any atom is 0.274 e. The molecule has 3 N–H and O–H groups in total. The summed E-state index contributed by atoms with van der Waals surface area (Å²) in [7, 11) is 0. The van der Waals surface area contributed by atoms with Crippen LogP contribution in [0.15, 0.2) is 42.6 Å². The summed E-state index contributed by atoms with van der Waals surface area (Å²) >= 11 is 0. The second kappa shape index (κ2) is 6.00. The van der Waals surface area contributed by atoms with Crippen LogP contribution in [0.25, 0.3) is 0 Å². The van der Waals surface area contributed by atoms with Crippen LogP contribution >= 0.6 is 0 Å². The zero-order valence-electron chi connectivity index (χ0n) is 10.9. The molecule has 1 aromatic heterocycles. The first-order valence-electron chi connectivity index (χ1n) is 6.31. The first-order valence-corrected chi connectivity index (χ1v) is 6.31. The first kappa shape index (κ1) is 13.1. The van der Waals surface area contributed by atoms with Crippen molar-refractivity contribution in [2.75, 3.05) is 11.1 Å². The Morgan fingerprint density at radius 2 is 2.05 bits per heavy atom. The summed E-state index contributed by atoms with van der Waals surface area (Å²) in [4.78, 5) is 16.1. The standard InChI is InChI=1S/C15H17N3O/c1-2-5-11-6-3-4-7-13(11)18-15(19)14-9-8-12(16)10-17-14/h3-4,6-10H,2,5,16H2,1H3,(H,18,19). The lowest BCUT2D eigenvalue weighted by Gasteiger charge is -2.10. The quantitative estimate of drug-likeness (QED) is 0.882. The van der Waals surface area contributed by atoms with E-state index in [0.717, 1.165) is 24.1 Å². The van der Waals surface area contributed by atoms with Crippen molar-refractivity contribution < 1.29 is 4.79 Å². The molecule has 4 nitrogen and oxygen atoms in total.